The van der Waals surface area contributed by atoms with E-state index >= 15 is 0 Å². The lowest BCUT2D eigenvalue weighted by Crippen LogP contribution is -1.93. The number of nitrogens with zero attached hydrogens (tertiary/aromatic N) is 3. The summed E-state index contributed by atoms with van der Waals surface area (Å²) in [6.07, 6.45) is -1.47. The van der Waals surface area contributed by atoms with Crippen molar-refractivity contribution < 1.29 is 8.78 Å². The number of aromatic nitrogens is 3. The molecule has 0 bridgehead atoms. The molecule has 0 saturated carbocycles. The van der Waals surface area contributed by atoms with Crippen LogP contribution in [0, 0.1) is 0 Å². The second-order valence-corrected chi connectivity index (χ2v) is 1.56. The summed E-state index contributed by atoms with van der Waals surface area (Å²) in [4.78, 5) is 1.10. The minimum Gasteiger partial charge on any atom is -0.203 e. The number of alkyl halides is 2. The van der Waals surface area contributed by atoms with Crippen molar-refractivity contribution in [3.05, 3.63) is 11.9 Å². The summed E-state index contributed by atoms with van der Waals surface area (Å²) in [6.45, 7) is 0. The third-order valence-electron chi connectivity index (χ3n) is 0.841. The van der Waals surface area contributed by atoms with E-state index in [1.807, 2.05) is 0 Å². The Hall–Kier alpha value is -1.00. The first-order chi connectivity index (χ1) is 4.20. The van der Waals surface area contributed by atoms with Crippen LogP contribution in [-0.4, -0.2) is 15.0 Å². The molecule has 0 N–H and O–H groups in total. The zero-order chi connectivity index (χ0) is 6.85. The van der Waals surface area contributed by atoms with Crippen LogP contribution in [0.2, 0.25) is 0 Å². The van der Waals surface area contributed by atoms with Gasteiger partial charge in [-0.05, 0) is 0 Å². The van der Waals surface area contributed by atoms with Crippen LogP contribution in [0.3, 0.4) is 0 Å². The van der Waals surface area contributed by atoms with Crippen LogP contribution >= 0.6 is 0 Å². The molecule has 0 aliphatic rings. The fraction of sp³-hybridized carbons (Fsp3) is 0.500. The van der Waals surface area contributed by atoms with Gasteiger partial charge in [0.2, 0.25) is 0 Å². The molecule has 0 aliphatic heterocycles. The van der Waals surface area contributed by atoms with E-state index in [9.17, 15) is 8.78 Å². The molecule has 0 amide bonds. The van der Waals surface area contributed by atoms with Gasteiger partial charge in [0, 0.05) is 7.05 Å². The highest BCUT2D eigenvalue weighted by atomic mass is 19.3. The minimum atomic E-state index is -2.52. The van der Waals surface area contributed by atoms with Crippen molar-refractivity contribution in [3.63, 3.8) is 0 Å². The van der Waals surface area contributed by atoms with E-state index in [1.54, 1.807) is 0 Å². The summed E-state index contributed by atoms with van der Waals surface area (Å²) < 4.78 is 23.3. The fourth-order valence-electron chi connectivity index (χ4n) is 0.461. The summed E-state index contributed by atoms with van der Waals surface area (Å²) >= 11 is 0. The Balaban J connectivity index is 2.85. The summed E-state index contributed by atoms with van der Waals surface area (Å²) in [5.74, 6) is 0. The number of rotatable bonds is 1. The first-order valence-electron chi connectivity index (χ1n) is 2.34. The lowest BCUT2D eigenvalue weighted by molar-refractivity contribution is 0.145. The van der Waals surface area contributed by atoms with Crippen LogP contribution < -0.4 is 0 Å². The van der Waals surface area contributed by atoms with Gasteiger partial charge in [0.15, 0.2) is 0 Å². The molecule has 3 nitrogen and oxygen atoms in total. The molecular formula is C4H5F2N3. The Labute approximate surface area is 50.3 Å². The Kier molecular flexibility index (Phi) is 1.42. The average molecular weight is 133 g/mol. The van der Waals surface area contributed by atoms with Gasteiger partial charge >= 0.3 is 0 Å². The van der Waals surface area contributed by atoms with Crippen molar-refractivity contribution >= 4 is 0 Å². The molecule has 1 aromatic rings. The highest BCUT2D eigenvalue weighted by Gasteiger charge is 2.09. The molecule has 0 spiro atoms. The number of halogens is 2. The van der Waals surface area contributed by atoms with Gasteiger partial charge in [0.25, 0.3) is 6.43 Å². The molecule has 0 radical (unpaired) electrons. The smallest absolute Gasteiger partial charge is 0.203 e. The van der Waals surface area contributed by atoms with Crippen LogP contribution in [0.5, 0.6) is 0 Å². The summed E-state index contributed by atoms with van der Waals surface area (Å²) in [5.41, 5.74) is -0.280. The zero-order valence-electron chi connectivity index (χ0n) is 4.75. The van der Waals surface area contributed by atoms with E-state index in [0.717, 1.165) is 11.0 Å². The highest BCUT2D eigenvalue weighted by Crippen LogP contribution is 2.13. The largest absolute Gasteiger partial charge is 0.283 e. The Morgan fingerprint density at radius 1 is 1.67 bits per heavy atom. The van der Waals surface area contributed by atoms with Gasteiger partial charge < -0.3 is 0 Å². The predicted octanol–water partition coefficient (Wildman–Crippen LogP) is 0.753. The standard InChI is InChI=1S/C4H5F2N3/c1-9-7-2-3(8-9)4(5)6/h2,4H,1H3. The number of hydrogen-bond donors (Lipinski definition) is 0. The summed E-state index contributed by atoms with van der Waals surface area (Å²) in [7, 11) is 1.49. The van der Waals surface area contributed by atoms with Crippen LogP contribution in [0.4, 0.5) is 8.78 Å². The van der Waals surface area contributed by atoms with Crippen molar-refractivity contribution in [1.82, 2.24) is 15.0 Å². The minimum absolute atomic E-state index is 0.280. The van der Waals surface area contributed by atoms with Gasteiger partial charge in [-0.25, -0.2) is 8.78 Å². The summed E-state index contributed by atoms with van der Waals surface area (Å²) in [5, 5.41) is 6.83. The van der Waals surface area contributed by atoms with Crippen LogP contribution in [0.15, 0.2) is 6.20 Å². The Bertz CT molecular complexity index is 195. The van der Waals surface area contributed by atoms with Crippen LogP contribution in [-0.2, 0) is 7.05 Å². The first-order valence-corrected chi connectivity index (χ1v) is 2.34. The van der Waals surface area contributed by atoms with Gasteiger partial charge in [-0.2, -0.15) is 15.0 Å². The molecule has 50 valence electrons. The molecule has 1 rings (SSSR count). The number of aryl methyl sites for hydroxylation is 1. The normalized spacial score (nSPS) is 10.7. The van der Waals surface area contributed by atoms with Crippen LogP contribution in [0.1, 0.15) is 12.1 Å². The van der Waals surface area contributed by atoms with Crippen molar-refractivity contribution in [2.45, 2.75) is 6.43 Å². The monoisotopic (exact) mass is 133 g/mol. The molecule has 9 heavy (non-hydrogen) atoms. The third-order valence-corrected chi connectivity index (χ3v) is 0.841. The van der Waals surface area contributed by atoms with Gasteiger partial charge in [-0.15, -0.1) is 0 Å². The maximum Gasteiger partial charge on any atom is 0.283 e. The maximum atomic E-state index is 11.7. The molecule has 1 aromatic heterocycles. The Morgan fingerprint density at radius 2 is 2.33 bits per heavy atom. The van der Waals surface area contributed by atoms with Crippen molar-refractivity contribution in [3.8, 4) is 0 Å². The Morgan fingerprint density at radius 3 is 2.56 bits per heavy atom. The lowest BCUT2D eigenvalue weighted by Gasteiger charge is -1.86. The van der Waals surface area contributed by atoms with Gasteiger partial charge in [0.05, 0.1) is 6.20 Å². The highest BCUT2D eigenvalue weighted by molar-refractivity contribution is 4.91. The maximum absolute atomic E-state index is 11.7. The molecule has 0 fully saturated rings. The van der Waals surface area contributed by atoms with E-state index < -0.39 is 6.43 Å². The van der Waals surface area contributed by atoms with Crippen LogP contribution in [0.25, 0.3) is 0 Å². The molecule has 0 saturated heterocycles. The molecule has 0 aromatic carbocycles. The average Bonchev–Trinajstić information content (AvgIpc) is 2.14. The lowest BCUT2D eigenvalue weighted by atomic mass is 10.5. The predicted molar refractivity (Wildman–Crippen MR) is 26.0 cm³/mol. The van der Waals surface area contributed by atoms with E-state index in [-0.39, 0.29) is 5.69 Å². The van der Waals surface area contributed by atoms with E-state index in [1.165, 1.54) is 7.05 Å². The molecule has 1 heterocycles. The van der Waals surface area contributed by atoms with E-state index in [0.29, 0.717) is 0 Å². The molecule has 0 atom stereocenters. The second-order valence-electron chi connectivity index (χ2n) is 1.56. The first kappa shape index (κ1) is 6.12. The second kappa shape index (κ2) is 2.08. The van der Waals surface area contributed by atoms with Crippen molar-refractivity contribution in [2.75, 3.05) is 0 Å². The van der Waals surface area contributed by atoms with Crippen molar-refractivity contribution in [2.24, 2.45) is 7.05 Å². The zero-order valence-corrected chi connectivity index (χ0v) is 4.75. The molecule has 5 heteroatoms. The SMILES string of the molecule is Cn1ncc(C(F)F)n1. The number of hydrogen-bond acceptors (Lipinski definition) is 2. The van der Waals surface area contributed by atoms with Gasteiger partial charge in [-0.1, -0.05) is 0 Å². The van der Waals surface area contributed by atoms with Crippen molar-refractivity contribution in [1.29, 1.82) is 0 Å². The third kappa shape index (κ3) is 1.22. The van der Waals surface area contributed by atoms with E-state index in [2.05, 4.69) is 10.2 Å². The fourth-order valence-corrected chi connectivity index (χ4v) is 0.461. The topological polar surface area (TPSA) is 30.7 Å². The quantitative estimate of drug-likeness (QED) is 0.566. The van der Waals surface area contributed by atoms with Gasteiger partial charge in [0.1, 0.15) is 5.69 Å². The summed E-state index contributed by atoms with van der Waals surface area (Å²) in [6, 6.07) is 0. The van der Waals surface area contributed by atoms with E-state index in [4.69, 9.17) is 0 Å². The molecule has 0 unspecified atom stereocenters. The molecule has 0 aliphatic carbocycles. The van der Waals surface area contributed by atoms with Gasteiger partial charge in [-0.3, -0.25) is 0 Å². The molecular weight excluding hydrogens is 128 g/mol.